The Labute approximate surface area is 130 Å². The highest BCUT2D eigenvalue weighted by atomic mass is 16.3. The second kappa shape index (κ2) is 5.10. The number of carbonyl (C=O) groups is 1. The smallest absolute Gasteiger partial charge is 0.305 e. The summed E-state index contributed by atoms with van der Waals surface area (Å²) < 4.78 is 6.53. The van der Waals surface area contributed by atoms with E-state index in [1.807, 2.05) is 18.2 Å². The number of carbonyl (C=O) groups excluding carboxylic acids is 1. The molecule has 4 aromatic rings. The van der Waals surface area contributed by atoms with Crippen molar-refractivity contribution >= 4 is 27.8 Å². The summed E-state index contributed by atoms with van der Waals surface area (Å²) in [5, 5.41) is 1.25. The van der Waals surface area contributed by atoms with Crippen LogP contribution in [0.1, 0.15) is 10.6 Å². The number of rotatable bonds is 2. The lowest BCUT2D eigenvalue weighted by Crippen LogP contribution is -2.33. The molecule has 1 amide bonds. The summed E-state index contributed by atoms with van der Waals surface area (Å²) in [6, 6.07) is 15.9. The van der Waals surface area contributed by atoms with E-state index in [4.69, 9.17) is 4.42 Å². The fourth-order valence-electron chi connectivity index (χ4n) is 2.41. The first-order chi connectivity index (χ1) is 11.2. The fourth-order valence-corrected chi connectivity index (χ4v) is 2.41. The third-order valence-electron chi connectivity index (χ3n) is 3.54. The molecule has 0 aliphatic rings. The first-order valence-electron chi connectivity index (χ1n) is 6.99. The van der Waals surface area contributed by atoms with Crippen LogP contribution in [0.3, 0.4) is 0 Å². The lowest BCUT2D eigenvalue weighted by Gasteiger charge is -2.06. The Bertz CT molecular complexity index is 1060. The standard InChI is InChI=1S/C17H11N3O3/c21-16(15-9-11-5-1-4-8-14(11)23-15)19-20-10-18-13-7-3-2-6-12(13)17(20)22/h1-10H,(H,19,21). The molecule has 23 heavy (non-hydrogen) atoms. The van der Waals surface area contributed by atoms with Crippen molar-refractivity contribution in [2.75, 3.05) is 5.43 Å². The van der Waals surface area contributed by atoms with E-state index in [0.29, 0.717) is 16.5 Å². The molecule has 6 nitrogen and oxygen atoms in total. The van der Waals surface area contributed by atoms with Crippen LogP contribution < -0.4 is 11.0 Å². The van der Waals surface area contributed by atoms with E-state index in [0.717, 1.165) is 10.1 Å². The van der Waals surface area contributed by atoms with Gasteiger partial charge in [-0.15, -0.1) is 0 Å². The number of para-hydroxylation sites is 2. The third-order valence-corrected chi connectivity index (χ3v) is 3.54. The summed E-state index contributed by atoms with van der Waals surface area (Å²) in [4.78, 5) is 28.8. The zero-order valence-electron chi connectivity index (χ0n) is 11.9. The van der Waals surface area contributed by atoms with Crippen LogP contribution in [-0.2, 0) is 0 Å². The highest BCUT2D eigenvalue weighted by Crippen LogP contribution is 2.18. The van der Waals surface area contributed by atoms with Crippen molar-refractivity contribution in [3.63, 3.8) is 0 Å². The summed E-state index contributed by atoms with van der Waals surface area (Å²) in [6.07, 6.45) is 1.28. The zero-order valence-corrected chi connectivity index (χ0v) is 11.9. The molecule has 4 rings (SSSR count). The van der Waals surface area contributed by atoms with Crippen molar-refractivity contribution in [2.45, 2.75) is 0 Å². The molecule has 0 unspecified atom stereocenters. The quantitative estimate of drug-likeness (QED) is 0.617. The molecule has 0 bridgehead atoms. The molecule has 1 N–H and O–H groups in total. The van der Waals surface area contributed by atoms with E-state index in [2.05, 4.69) is 10.4 Å². The molecule has 0 fully saturated rings. The van der Waals surface area contributed by atoms with E-state index in [-0.39, 0.29) is 11.3 Å². The van der Waals surface area contributed by atoms with Crippen LogP contribution in [0.2, 0.25) is 0 Å². The molecule has 2 heterocycles. The van der Waals surface area contributed by atoms with E-state index in [1.54, 1.807) is 36.4 Å². The third kappa shape index (κ3) is 2.26. The lowest BCUT2D eigenvalue weighted by molar-refractivity contribution is 0.0982. The number of benzene rings is 2. The molecule has 0 atom stereocenters. The molecular formula is C17H11N3O3. The Morgan fingerprint density at radius 1 is 1.09 bits per heavy atom. The molecule has 2 aromatic carbocycles. The number of hydrogen-bond acceptors (Lipinski definition) is 4. The second-order valence-electron chi connectivity index (χ2n) is 5.03. The molecule has 112 valence electrons. The summed E-state index contributed by atoms with van der Waals surface area (Å²) in [7, 11) is 0. The Morgan fingerprint density at radius 3 is 2.74 bits per heavy atom. The Balaban J connectivity index is 1.71. The maximum atomic E-state index is 12.3. The summed E-state index contributed by atoms with van der Waals surface area (Å²) in [5.74, 6) is -0.383. The normalized spacial score (nSPS) is 11.0. The predicted octanol–water partition coefficient (Wildman–Crippen LogP) is 2.53. The van der Waals surface area contributed by atoms with Gasteiger partial charge in [-0.2, -0.15) is 0 Å². The summed E-state index contributed by atoms with van der Waals surface area (Å²) in [5.41, 5.74) is 3.33. The second-order valence-corrected chi connectivity index (χ2v) is 5.03. The van der Waals surface area contributed by atoms with Crippen LogP contribution in [0.25, 0.3) is 21.9 Å². The molecule has 0 spiro atoms. The molecule has 0 aliphatic carbocycles. The highest BCUT2D eigenvalue weighted by molar-refractivity contribution is 6.00. The van der Waals surface area contributed by atoms with Gasteiger partial charge in [0, 0.05) is 5.39 Å². The zero-order chi connectivity index (χ0) is 15.8. The van der Waals surface area contributed by atoms with Gasteiger partial charge in [0.1, 0.15) is 11.9 Å². The van der Waals surface area contributed by atoms with Crippen molar-refractivity contribution in [1.29, 1.82) is 0 Å². The maximum absolute atomic E-state index is 12.3. The van der Waals surface area contributed by atoms with Gasteiger partial charge in [0.05, 0.1) is 10.9 Å². The minimum atomic E-state index is -0.514. The van der Waals surface area contributed by atoms with Gasteiger partial charge in [0.2, 0.25) is 0 Å². The Kier molecular flexibility index (Phi) is 2.94. The molecule has 0 saturated heterocycles. The number of nitrogens with one attached hydrogen (secondary N) is 1. The first-order valence-corrected chi connectivity index (χ1v) is 6.99. The van der Waals surface area contributed by atoms with Gasteiger partial charge in [-0.25, -0.2) is 9.66 Å². The minimum Gasteiger partial charge on any atom is -0.451 e. The largest absolute Gasteiger partial charge is 0.451 e. The van der Waals surface area contributed by atoms with Crippen molar-refractivity contribution in [2.24, 2.45) is 0 Å². The molecule has 0 saturated carbocycles. The molecule has 6 heteroatoms. The van der Waals surface area contributed by atoms with Crippen molar-refractivity contribution < 1.29 is 9.21 Å². The molecule has 0 aliphatic heterocycles. The van der Waals surface area contributed by atoms with Crippen LogP contribution in [0.5, 0.6) is 0 Å². The first kappa shape index (κ1) is 13.3. The number of fused-ring (bicyclic) bond motifs is 2. The predicted molar refractivity (Wildman–Crippen MR) is 85.9 cm³/mol. The van der Waals surface area contributed by atoms with Gasteiger partial charge < -0.3 is 4.42 Å². The molecule has 2 aromatic heterocycles. The Hall–Kier alpha value is -3.41. The van der Waals surface area contributed by atoms with Gasteiger partial charge in [0.25, 0.3) is 5.56 Å². The van der Waals surface area contributed by atoms with Gasteiger partial charge in [-0.05, 0) is 24.3 Å². The van der Waals surface area contributed by atoms with E-state index >= 15 is 0 Å². The average Bonchev–Trinajstić information content (AvgIpc) is 3.02. The molecule has 0 radical (unpaired) electrons. The van der Waals surface area contributed by atoms with Gasteiger partial charge in [0.15, 0.2) is 5.76 Å². The SMILES string of the molecule is O=C(Nn1cnc2ccccc2c1=O)c1cc2ccccc2o1. The fraction of sp³-hybridized carbons (Fsp3) is 0. The van der Waals surface area contributed by atoms with E-state index in [1.165, 1.54) is 6.33 Å². The van der Waals surface area contributed by atoms with Gasteiger partial charge in [-0.3, -0.25) is 15.0 Å². The van der Waals surface area contributed by atoms with Crippen LogP contribution in [-0.4, -0.2) is 15.6 Å². The van der Waals surface area contributed by atoms with Gasteiger partial charge in [-0.1, -0.05) is 30.3 Å². The minimum absolute atomic E-state index is 0.131. The Morgan fingerprint density at radius 2 is 1.87 bits per heavy atom. The van der Waals surface area contributed by atoms with E-state index < -0.39 is 5.91 Å². The summed E-state index contributed by atoms with van der Waals surface area (Å²) in [6.45, 7) is 0. The monoisotopic (exact) mass is 305 g/mol. The van der Waals surface area contributed by atoms with Crippen molar-refractivity contribution in [3.05, 3.63) is 77.0 Å². The maximum Gasteiger partial charge on any atom is 0.305 e. The van der Waals surface area contributed by atoms with Crippen LogP contribution in [0, 0.1) is 0 Å². The average molecular weight is 305 g/mol. The number of nitrogens with zero attached hydrogens (tertiary/aromatic N) is 2. The van der Waals surface area contributed by atoms with Gasteiger partial charge >= 0.3 is 5.91 Å². The number of aromatic nitrogens is 2. The highest BCUT2D eigenvalue weighted by Gasteiger charge is 2.13. The van der Waals surface area contributed by atoms with Crippen molar-refractivity contribution in [3.8, 4) is 0 Å². The number of amides is 1. The van der Waals surface area contributed by atoms with Crippen LogP contribution in [0.4, 0.5) is 0 Å². The van der Waals surface area contributed by atoms with E-state index in [9.17, 15) is 9.59 Å². The van der Waals surface area contributed by atoms with Crippen molar-refractivity contribution in [1.82, 2.24) is 9.66 Å². The topological polar surface area (TPSA) is 77.1 Å². The van der Waals surface area contributed by atoms with Crippen LogP contribution in [0.15, 0.2) is 70.1 Å². The summed E-state index contributed by atoms with van der Waals surface area (Å²) >= 11 is 0. The van der Waals surface area contributed by atoms with Crippen LogP contribution >= 0.6 is 0 Å². The molecular weight excluding hydrogens is 294 g/mol. The number of hydrogen-bond donors (Lipinski definition) is 1. The number of furan rings is 1. The lowest BCUT2D eigenvalue weighted by atomic mass is 10.2.